The Morgan fingerprint density at radius 1 is 1.53 bits per heavy atom. The van der Waals surface area contributed by atoms with Crippen molar-refractivity contribution in [3.8, 4) is 0 Å². The molecule has 1 aromatic rings. The molecular weight excluding hydrogens is 278 g/mol. The lowest BCUT2D eigenvalue weighted by molar-refractivity contribution is -0.387. The van der Waals surface area contributed by atoms with E-state index in [1.165, 1.54) is 11.8 Å². The minimum Gasteiger partial charge on any atom is -0.351 e. The summed E-state index contributed by atoms with van der Waals surface area (Å²) in [5, 5.41) is 12.9. The Bertz CT molecular complexity index is 511. The molecule has 0 saturated heterocycles. The number of halogens is 2. The zero-order chi connectivity index (χ0) is 14.6. The van der Waals surface area contributed by atoms with Crippen molar-refractivity contribution in [1.29, 1.82) is 0 Å². The molecule has 1 amide bonds. The first-order valence-electron chi connectivity index (χ1n) is 5.31. The molecule has 0 heterocycles. The summed E-state index contributed by atoms with van der Waals surface area (Å²) in [4.78, 5) is 21.2. The predicted molar refractivity (Wildman–Crippen MR) is 68.3 cm³/mol. The topological polar surface area (TPSA) is 72.2 Å². The zero-order valence-electron chi connectivity index (χ0n) is 10.3. The van der Waals surface area contributed by atoms with E-state index in [9.17, 15) is 23.7 Å². The van der Waals surface area contributed by atoms with Gasteiger partial charge in [-0.3, -0.25) is 14.9 Å². The first-order valence-corrected chi connectivity index (χ1v) is 6.60. The quantitative estimate of drug-likeness (QED) is 0.667. The van der Waals surface area contributed by atoms with Gasteiger partial charge in [-0.25, -0.2) is 4.39 Å². The first-order chi connectivity index (χ1) is 8.88. The number of nitro benzene ring substituents is 1. The van der Waals surface area contributed by atoms with E-state index in [1.807, 2.05) is 13.2 Å². The third-order valence-electron chi connectivity index (χ3n) is 2.45. The minimum atomic E-state index is -1.46. The van der Waals surface area contributed by atoms with Gasteiger partial charge in [0.1, 0.15) is 11.4 Å². The molecule has 0 saturated carbocycles. The van der Waals surface area contributed by atoms with Crippen LogP contribution in [0.5, 0.6) is 0 Å². The summed E-state index contributed by atoms with van der Waals surface area (Å²) in [5.74, 6) is -3.59. The van der Waals surface area contributed by atoms with E-state index in [4.69, 9.17) is 0 Å². The number of nitrogens with zero attached hydrogens (tertiary/aromatic N) is 1. The summed E-state index contributed by atoms with van der Waals surface area (Å²) in [7, 11) is 0. The third-order valence-corrected chi connectivity index (χ3v) is 3.42. The normalized spacial score (nSPS) is 12.0. The summed E-state index contributed by atoms with van der Waals surface area (Å²) in [6.45, 7) is 2.03. The summed E-state index contributed by atoms with van der Waals surface area (Å²) in [5.41, 5.74) is -1.85. The Morgan fingerprint density at radius 2 is 2.16 bits per heavy atom. The molecule has 0 spiro atoms. The number of carbonyl (C=O) groups is 1. The van der Waals surface area contributed by atoms with Crippen LogP contribution in [0.1, 0.15) is 17.3 Å². The molecule has 0 fully saturated rings. The van der Waals surface area contributed by atoms with Gasteiger partial charge in [0, 0.05) is 17.9 Å². The van der Waals surface area contributed by atoms with Crippen LogP contribution in [-0.4, -0.2) is 28.9 Å². The second kappa shape index (κ2) is 6.46. The molecule has 1 rings (SSSR count). The van der Waals surface area contributed by atoms with Crippen LogP contribution in [0.15, 0.2) is 12.1 Å². The maximum absolute atomic E-state index is 13.7. The van der Waals surface area contributed by atoms with Crippen molar-refractivity contribution in [2.45, 2.75) is 12.2 Å². The van der Waals surface area contributed by atoms with Crippen LogP contribution >= 0.6 is 11.8 Å². The van der Waals surface area contributed by atoms with Gasteiger partial charge in [0.15, 0.2) is 0 Å². The van der Waals surface area contributed by atoms with Crippen molar-refractivity contribution in [2.75, 3.05) is 12.8 Å². The summed E-state index contributed by atoms with van der Waals surface area (Å²) in [6, 6.07) is 1.39. The van der Waals surface area contributed by atoms with Crippen LogP contribution in [0.2, 0.25) is 0 Å². The van der Waals surface area contributed by atoms with E-state index in [-0.39, 0.29) is 11.8 Å². The zero-order valence-corrected chi connectivity index (χ0v) is 11.1. The van der Waals surface area contributed by atoms with Crippen LogP contribution in [-0.2, 0) is 0 Å². The number of nitrogens with one attached hydrogen (secondary N) is 1. The van der Waals surface area contributed by atoms with Gasteiger partial charge in [-0.05, 0) is 12.3 Å². The Labute approximate surface area is 112 Å². The van der Waals surface area contributed by atoms with Gasteiger partial charge in [0.25, 0.3) is 5.91 Å². The molecule has 1 N–H and O–H groups in total. The number of hydrogen-bond acceptors (Lipinski definition) is 4. The van der Waals surface area contributed by atoms with Crippen molar-refractivity contribution in [2.24, 2.45) is 0 Å². The van der Waals surface area contributed by atoms with E-state index in [0.29, 0.717) is 12.1 Å². The highest BCUT2D eigenvalue weighted by atomic mass is 32.2. The highest BCUT2D eigenvalue weighted by Gasteiger charge is 2.26. The fraction of sp³-hybridized carbons (Fsp3) is 0.364. The second-order valence-electron chi connectivity index (χ2n) is 3.77. The van der Waals surface area contributed by atoms with Crippen LogP contribution in [0.25, 0.3) is 0 Å². The van der Waals surface area contributed by atoms with Gasteiger partial charge in [0.2, 0.25) is 5.82 Å². The highest BCUT2D eigenvalue weighted by Crippen LogP contribution is 2.23. The molecule has 5 nitrogen and oxygen atoms in total. The SMILES string of the molecule is CSC(C)CNC(=O)c1c(F)ccc([N+](=O)[O-])c1F. The van der Waals surface area contributed by atoms with Gasteiger partial charge in [-0.2, -0.15) is 16.2 Å². The molecular formula is C11H12F2N2O3S. The first kappa shape index (κ1) is 15.4. The largest absolute Gasteiger partial charge is 0.351 e. The fourth-order valence-electron chi connectivity index (χ4n) is 1.30. The Hall–Kier alpha value is -1.70. The molecule has 0 aliphatic heterocycles. The second-order valence-corrected chi connectivity index (χ2v) is 5.05. The summed E-state index contributed by atoms with van der Waals surface area (Å²) in [6.07, 6.45) is 1.82. The van der Waals surface area contributed by atoms with Crippen molar-refractivity contribution in [1.82, 2.24) is 5.32 Å². The minimum absolute atomic E-state index is 0.0637. The van der Waals surface area contributed by atoms with Crippen molar-refractivity contribution < 1.29 is 18.5 Å². The molecule has 0 radical (unpaired) electrons. The van der Waals surface area contributed by atoms with E-state index in [0.717, 1.165) is 0 Å². The van der Waals surface area contributed by atoms with Crippen LogP contribution in [0, 0.1) is 21.7 Å². The number of thioether (sulfide) groups is 1. The lowest BCUT2D eigenvalue weighted by atomic mass is 10.1. The van der Waals surface area contributed by atoms with E-state index in [1.54, 1.807) is 0 Å². The Balaban J connectivity index is 3.02. The van der Waals surface area contributed by atoms with Gasteiger partial charge in [-0.1, -0.05) is 6.92 Å². The van der Waals surface area contributed by atoms with Gasteiger partial charge in [-0.15, -0.1) is 0 Å². The van der Waals surface area contributed by atoms with Gasteiger partial charge < -0.3 is 5.32 Å². The average molecular weight is 290 g/mol. The smallest absolute Gasteiger partial charge is 0.305 e. The van der Waals surface area contributed by atoms with Crippen molar-refractivity contribution >= 4 is 23.4 Å². The lowest BCUT2D eigenvalue weighted by Gasteiger charge is -2.10. The van der Waals surface area contributed by atoms with E-state index in [2.05, 4.69) is 5.32 Å². The molecule has 0 aliphatic rings. The maximum Gasteiger partial charge on any atom is 0.305 e. The molecule has 104 valence electrons. The molecule has 1 atom stereocenters. The molecule has 0 bridgehead atoms. The number of amides is 1. The maximum atomic E-state index is 13.7. The van der Waals surface area contributed by atoms with Crippen molar-refractivity contribution in [3.63, 3.8) is 0 Å². The number of nitro groups is 1. The number of carbonyl (C=O) groups excluding carboxylic acids is 1. The molecule has 8 heteroatoms. The van der Waals surface area contributed by atoms with E-state index < -0.39 is 33.7 Å². The lowest BCUT2D eigenvalue weighted by Crippen LogP contribution is -2.30. The molecule has 1 unspecified atom stereocenters. The fourth-order valence-corrected chi connectivity index (χ4v) is 1.55. The van der Waals surface area contributed by atoms with Crippen LogP contribution in [0.3, 0.4) is 0 Å². The van der Waals surface area contributed by atoms with Crippen LogP contribution in [0.4, 0.5) is 14.5 Å². The highest BCUT2D eigenvalue weighted by molar-refractivity contribution is 7.99. The number of benzene rings is 1. The summed E-state index contributed by atoms with van der Waals surface area (Å²) < 4.78 is 27.1. The predicted octanol–water partition coefficient (Wildman–Crippen LogP) is 2.35. The van der Waals surface area contributed by atoms with Crippen LogP contribution < -0.4 is 5.32 Å². The summed E-state index contributed by atoms with van der Waals surface area (Å²) >= 11 is 1.47. The Morgan fingerprint density at radius 3 is 2.68 bits per heavy atom. The Kier molecular flexibility index (Phi) is 5.22. The van der Waals surface area contributed by atoms with Gasteiger partial charge in [0.05, 0.1) is 4.92 Å². The number of hydrogen-bond donors (Lipinski definition) is 1. The molecule has 0 aliphatic carbocycles. The van der Waals surface area contributed by atoms with Crippen molar-refractivity contribution in [3.05, 3.63) is 39.4 Å². The standard InChI is InChI=1S/C11H12F2N2O3S/c1-6(19-2)5-14-11(16)9-7(12)3-4-8(10(9)13)15(17)18/h3-4,6H,5H2,1-2H3,(H,14,16). The van der Waals surface area contributed by atoms with Gasteiger partial charge >= 0.3 is 5.69 Å². The average Bonchev–Trinajstić information content (AvgIpc) is 2.35. The molecule has 0 aromatic heterocycles. The molecule has 19 heavy (non-hydrogen) atoms. The third kappa shape index (κ3) is 3.63. The molecule has 1 aromatic carbocycles. The van der Waals surface area contributed by atoms with E-state index >= 15 is 0 Å². The number of rotatable bonds is 5. The monoisotopic (exact) mass is 290 g/mol.